The number of carbonyl (C=O) groups is 2. The molecule has 0 aromatic heterocycles. The van der Waals surface area contributed by atoms with E-state index in [2.05, 4.69) is 4.74 Å². The Kier molecular flexibility index (Phi) is 7.75. The lowest BCUT2D eigenvalue weighted by Crippen LogP contribution is -2.31. The third-order valence-corrected chi connectivity index (χ3v) is 3.12. The summed E-state index contributed by atoms with van der Waals surface area (Å²) in [7, 11) is 1.34. The van der Waals surface area contributed by atoms with E-state index in [9.17, 15) is 9.59 Å². The van der Waals surface area contributed by atoms with Crippen LogP contribution in [0.5, 0.6) is 5.75 Å². The number of methoxy groups -OCH3 is 1. The van der Waals surface area contributed by atoms with Gasteiger partial charge in [0, 0.05) is 19.2 Å². The minimum Gasteiger partial charge on any atom is -0.494 e. The van der Waals surface area contributed by atoms with Gasteiger partial charge >= 0.3 is 5.97 Å². The second-order valence-corrected chi connectivity index (χ2v) is 4.58. The predicted octanol–water partition coefficient (Wildman–Crippen LogP) is 2.51. The molecule has 0 N–H and O–H groups in total. The van der Waals surface area contributed by atoms with Crippen molar-refractivity contribution in [2.75, 3.05) is 26.8 Å². The minimum absolute atomic E-state index is 0.125. The van der Waals surface area contributed by atoms with Crippen molar-refractivity contribution in [2.24, 2.45) is 0 Å². The molecule has 1 amide bonds. The number of esters is 1. The van der Waals surface area contributed by atoms with Crippen molar-refractivity contribution < 1.29 is 19.1 Å². The zero-order chi connectivity index (χ0) is 16.4. The molecular formula is C17H23NO4. The van der Waals surface area contributed by atoms with Crippen LogP contribution >= 0.6 is 0 Å². The topological polar surface area (TPSA) is 55.8 Å². The van der Waals surface area contributed by atoms with Gasteiger partial charge in [-0.2, -0.15) is 0 Å². The van der Waals surface area contributed by atoms with E-state index in [1.165, 1.54) is 13.2 Å². The average molecular weight is 305 g/mol. The molecule has 1 rings (SSSR count). The largest absolute Gasteiger partial charge is 0.494 e. The molecule has 0 aliphatic carbocycles. The summed E-state index contributed by atoms with van der Waals surface area (Å²) in [6.45, 7) is 5.33. The molecule has 0 bridgehead atoms. The summed E-state index contributed by atoms with van der Waals surface area (Å²) in [5.41, 5.74) is 0.917. The van der Waals surface area contributed by atoms with Crippen LogP contribution in [0.4, 0.5) is 0 Å². The quantitative estimate of drug-likeness (QED) is 0.547. The Labute approximate surface area is 131 Å². The zero-order valence-corrected chi connectivity index (χ0v) is 13.4. The van der Waals surface area contributed by atoms with Gasteiger partial charge in [0.1, 0.15) is 5.75 Å². The highest BCUT2D eigenvalue weighted by atomic mass is 16.5. The second-order valence-electron chi connectivity index (χ2n) is 4.58. The smallest absolute Gasteiger partial charge is 0.307 e. The fourth-order valence-corrected chi connectivity index (χ4v) is 1.87. The van der Waals surface area contributed by atoms with Crippen molar-refractivity contribution >= 4 is 18.0 Å². The molecule has 0 aliphatic heterocycles. The number of amides is 1. The van der Waals surface area contributed by atoms with Crippen LogP contribution in [0.25, 0.3) is 6.08 Å². The Hall–Kier alpha value is -2.30. The molecule has 0 radical (unpaired) electrons. The third kappa shape index (κ3) is 5.99. The van der Waals surface area contributed by atoms with Crippen molar-refractivity contribution in [3.05, 3.63) is 35.9 Å². The Morgan fingerprint density at radius 1 is 1.18 bits per heavy atom. The predicted molar refractivity (Wildman–Crippen MR) is 85.5 cm³/mol. The Bertz CT molecular complexity index is 508. The first-order chi connectivity index (χ1) is 10.6. The Morgan fingerprint density at radius 3 is 2.41 bits per heavy atom. The molecule has 0 unspecified atom stereocenters. The number of likely N-dealkylation sites (N-methyl/N-ethyl adjacent to an activating group) is 1. The summed E-state index contributed by atoms with van der Waals surface area (Å²) >= 11 is 0. The average Bonchev–Trinajstić information content (AvgIpc) is 2.54. The van der Waals surface area contributed by atoms with Crippen molar-refractivity contribution in [1.82, 2.24) is 4.90 Å². The van der Waals surface area contributed by atoms with E-state index in [4.69, 9.17) is 4.74 Å². The fraction of sp³-hybridized carbons (Fsp3) is 0.412. The Morgan fingerprint density at radius 2 is 1.86 bits per heavy atom. The molecular weight excluding hydrogens is 282 g/mol. The van der Waals surface area contributed by atoms with Gasteiger partial charge in [-0.3, -0.25) is 9.59 Å². The van der Waals surface area contributed by atoms with Gasteiger partial charge in [-0.15, -0.1) is 0 Å². The normalized spacial score (nSPS) is 10.5. The first-order valence-corrected chi connectivity index (χ1v) is 7.37. The van der Waals surface area contributed by atoms with Gasteiger partial charge in [-0.05, 0) is 37.6 Å². The van der Waals surface area contributed by atoms with Crippen molar-refractivity contribution in [2.45, 2.75) is 20.3 Å². The molecule has 1 aromatic carbocycles. The number of ether oxygens (including phenoxy) is 2. The van der Waals surface area contributed by atoms with Crippen LogP contribution in [-0.4, -0.2) is 43.6 Å². The number of benzene rings is 1. The fourth-order valence-electron chi connectivity index (χ4n) is 1.87. The number of nitrogens with zero attached hydrogens (tertiary/aromatic N) is 1. The summed E-state index contributed by atoms with van der Waals surface area (Å²) in [4.78, 5) is 24.8. The number of carbonyl (C=O) groups excluding carboxylic acids is 2. The van der Waals surface area contributed by atoms with Crippen molar-refractivity contribution in [3.8, 4) is 5.75 Å². The van der Waals surface area contributed by atoms with Crippen LogP contribution in [0.15, 0.2) is 30.3 Å². The molecule has 0 spiro atoms. The zero-order valence-electron chi connectivity index (χ0n) is 13.4. The van der Waals surface area contributed by atoms with Crippen LogP contribution in [0.3, 0.4) is 0 Å². The lowest BCUT2D eigenvalue weighted by molar-refractivity contribution is -0.141. The lowest BCUT2D eigenvalue weighted by atomic mass is 10.2. The summed E-state index contributed by atoms with van der Waals surface area (Å²) in [6.07, 6.45) is 3.46. The van der Waals surface area contributed by atoms with Crippen LogP contribution in [0.2, 0.25) is 0 Å². The van der Waals surface area contributed by atoms with Gasteiger partial charge in [0.25, 0.3) is 0 Å². The number of rotatable bonds is 8. The van der Waals surface area contributed by atoms with E-state index in [-0.39, 0.29) is 18.3 Å². The van der Waals surface area contributed by atoms with Gasteiger partial charge in [-0.25, -0.2) is 0 Å². The number of hydrogen-bond acceptors (Lipinski definition) is 4. The maximum absolute atomic E-state index is 12.1. The molecule has 0 heterocycles. The van der Waals surface area contributed by atoms with Crippen molar-refractivity contribution in [3.63, 3.8) is 0 Å². The molecule has 0 atom stereocenters. The minimum atomic E-state index is -0.318. The van der Waals surface area contributed by atoms with Crippen LogP contribution in [0.1, 0.15) is 25.8 Å². The molecule has 120 valence electrons. The van der Waals surface area contributed by atoms with Gasteiger partial charge in [0.2, 0.25) is 5.91 Å². The second kappa shape index (κ2) is 9.60. The third-order valence-electron chi connectivity index (χ3n) is 3.12. The standard InChI is InChI=1S/C17H23NO4/c1-4-18(13-12-17(20)21-3)16(19)11-8-14-6-9-15(10-7-14)22-5-2/h6-11H,4-5,12-13H2,1-3H3. The SMILES string of the molecule is CCOc1ccc(C=CC(=O)N(CC)CCC(=O)OC)cc1. The highest BCUT2D eigenvalue weighted by Gasteiger charge is 2.10. The molecule has 5 nitrogen and oxygen atoms in total. The van der Waals surface area contributed by atoms with Gasteiger partial charge < -0.3 is 14.4 Å². The van der Waals surface area contributed by atoms with E-state index >= 15 is 0 Å². The molecule has 5 heteroatoms. The first kappa shape index (κ1) is 17.8. The molecule has 1 aromatic rings. The highest BCUT2D eigenvalue weighted by Crippen LogP contribution is 2.13. The maximum atomic E-state index is 12.1. The van der Waals surface area contributed by atoms with E-state index in [0.29, 0.717) is 19.7 Å². The Balaban J connectivity index is 2.58. The van der Waals surface area contributed by atoms with Crippen LogP contribution in [0, 0.1) is 0 Å². The number of hydrogen-bond donors (Lipinski definition) is 0. The van der Waals surface area contributed by atoms with E-state index in [1.807, 2.05) is 38.1 Å². The highest BCUT2D eigenvalue weighted by molar-refractivity contribution is 5.92. The molecule has 0 saturated carbocycles. The molecule has 22 heavy (non-hydrogen) atoms. The van der Waals surface area contributed by atoms with Gasteiger partial charge in [0.05, 0.1) is 20.1 Å². The summed E-state index contributed by atoms with van der Waals surface area (Å²) < 4.78 is 9.94. The van der Waals surface area contributed by atoms with Gasteiger partial charge in [0.15, 0.2) is 0 Å². The lowest BCUT2D eigenvalue weighted by Gasteiger charge is -2.18. The van der Waals surface area contributed by atoms with Crippen LogP contribution < -0.4 is 4.74 Å². The summed E-state index contributed by atoms with van der Waals surface area (Å²) in [5.74, 6) is 0.362. The molecule has 0 saturated heterocycles. The summed E-state index contributed by atoms with van der Waals surface area (Å²) in [5, 5.41) is 0. The van der Waals surface area contributed by atoms with Gasteiger partial charge in [-0.1, -0.05) is 12.1 Å². The first-order valence-electron chi connectivity index (χ1n) is 7.37. The molecule has 0 aliphatic rings. The van der Waals surface area contributed by atoms with Crippen molar-refractivity contribution in [1.29, 1.82) is 0 Å². The summed E-state index contributed by atoms with van der Waals surface area (Å²) in [6, 6.07) is 7.50. The van der Waals surface area contributed by atoms with E-state index in [0.717, 1.165) is 11.3 Å². The maximum Gasteiger partial charge on any atom is 0.307 e. The van der Waals surface area contributed by atoms with Crippen LogP contribution in [-0.2, 0) is 14.3 Å². The van der Waals surface area contributed by atoms with E-state index in [1.54, 1.807) is 11.0 Å². The monoisotopic (exact) mass is 305 g/mol. The van der Waals surface area contributed by atoms with E-state index < -0.39 is 0 Å². The molecule has 0 fully saturated rings.